The summed E-state index contributed by atoms with van der Waals surface area (Å²) in [4.78, 5) is 9.59. The highest BCUT2D eigenvalue weighted by atomic mass is 35.5. The van der Waals surface area contributed by atoms with E-state index in [1.807, 2.05) is 24.1 Å². The zero-order valence-corrected chi connectivity index (χ0v) is 23.2. The maximum absolute atomic E-state index is 6.41. The maximum Gasteiger partial charge on any atom is 0.139 e. The van der Waals surface area contributed by atoms with Crippen molar-refractivity contribution >= 4 is 34.9 Å². The molecule has 0 spiro atoms. The summed E-state index contributed by atoms with van der Waals surface area (Å²) in [5.74, 6) is 0.684. The van der Waals surface area contributed by atoms with Crippen molar-refractivity contribution in [2.75, 3.05) is 65.5 Å². The molecule has 1 saturated carbocycles. The Kier molecular flexibility index (Phi) is 7.98. The van der Waals surface area contributed by atoms with Crippen molar-refractivity contribution in [2.24, 2.45) is 0 Å². The van der Waals surface area contributed by atoms with E-state index in [2.05, 4.69) is 64.1 Å². The first-order chi connectivity index (χ1) is 17.4. The van der Waals surface area contributed by atoms with Crippen LogP contribution < -0.4 is 9.64 Å². The van der Waals surface area contributed by atoms with Crippen LogP contribution in [0.2, 0.25) is 5.02 Å². The number of benzene rings is 1. The Hall–Kier alpha value is -1.97. The van der Waals surface area contributed by atoms with Gasteiger partial charge in [-0.25, -0.2) is 9.29 Å². The van der Waals surface area contributed by atoms with E-state index in [0.717, 1.165) is 67.1 Å². The predicted molar refractivity (Wildman–Crippen MR) is 150 cm³/mol. The van der Waals surface area contributed by atoms with Gasteiger partial charge < -0.3 is 23.7 Å². The van der Waals surface area contributed by atoms with E-state index in [1.54, 1.807) is 7.11 Å². The number of halogens is 1. The van der Waals surface area contributed by atoms with Gasteiger partial charge in [-0.3, -0.25) is 0 Å². The molecule has 2 aromatic heterocycles. The van der Waals surface area contributed by atoms with Crippen LogP contribution in [0.15, 0.2) is 36.7 Å². The van der Waals surface area contributed by atoms with Crippen LogP contribution in [0.5, 0.6) is 5.75 Å². The molecule has 2 fully saturated rings. The van der Waals surface area contributed by atoms with Gasteiger partial charge in [0.05, 0.1) is 37.1 Å². The number of piperazine rings is 1. The lowest BCUT2D eigenvalue weighted by Gasteiger charge is -2.41. The number of anilines is 1. The molecule has 3 aromatic rings. The SMILES string of the molecule is COc1cc(C)c(-c2cn3ccc(N4CCN(SC5CC5)C(COCCN(C)C)C4)cc3n2)cc1Cl. The number of methoxy groups -OCH3 is 1. The van der Waals surface area contributed by atoms with Gasteiger partial charge in [-0.15, -0.1) is 0 Å². The summed E-state index contributed by atoms with van der Waals surface area (Å²) in [5.41, 5.74) is 5.15. The molecule has 1 atom stereocenters. The molecule has 0 amide bonds. The molecule has 0 N–H and O–H groups in total. The predicted octanol–water partition coefficient (Wildman–Crippen LogP) is 4.85. The third kappa shape index (κ3) is 5.94. The molecule has 5 rings (SSSR count). The van der Waals surface area contributed by atoms with E-state index in [4.69, 9.17) is 26.1 Å². The van der Waals surface area contributed by atoms with Crippen molar-refractivity contribution in [2.45, 2.75) is 31.1 Å². The van der Waals surface area contributed by atoms with Gasteiger partial charge in [0.25, 0.3) is 0 Å². The van der Waals surface area contributed by atoms with Crippen LogP contribution in [0.1, 0.15) is 18.4 Å². The molecule has 2 aliphatic rings. The average molecular weight is 530 g/mol. The summed E-state index contributed by atoms with van der Waals surface area (Å²) in [6.45, 7) is 7.54. The fourth-order valence-electron chi connectivity index (χ4n) is 4.56. The average Bonchev–Trinajstić information content (AvgIpc) is 3.58. The molecule has 0 radical (unpaired) electrons. The molecule has 36 heavy (non-hydrogen) atoms. The summed E-state index contributed by atoms with van der Waals surface area (Å²) >= 11 is 8.46. The van der Waals surface area contributed by atoms with Crippen LogP contribution in [0.25, 0.3) is 16.9 Å². The molecule has 3 heterocycles. The normalized spacial score (nSPS) is 18.9. The van der Waals surface area contributed by atoms with Gasteiger partial charge >= 0.3 is 0 Å². The second-order valence-corrected chi connectivity index (χ2v) is 11.8. The third-order valence-electron chi connectivity index (χ3n) is 6.81. The highest BCUT2D eigenvalue weighted by molar-refractivity contribution is 7.97. The van der Waals surface area contributed by atoms with Crippen molar-refractivity contribution in [3.05, 3.63) is 47.2 Å². The minimum atomic E-state index is 0.377. The number of aryl methyl sites for hydroxylation is 1. The molecule has 1 unspecified atom stereocenters. The summed E-state index contributed by atoms with van der Waals surface area (Å²) < 4.78 is 16.1. The van der Waals surface area contributed by atoms with Gasteiger partial charge in [0.15, 0.2) is 0 Å². The Morgan fingerprint density at radius 1 is 1.19 bits per heavy atom. The fourth-order valence-corrected chi connectivity index (χ4v) is 6.02. The van der Waals surface area contributed by atoms with Gasteiger partial charge in [-0.1, -0.05) is 23.5 Å². The van der Waals surface area contributed by atoms with Gasteiger partial charge in [-0.2, -0.15) is 0 Å². The zero-order valence-electron chi connectivity index (χ0n) is 21.6. The first-order valence-corrected chi connectivity index (χ1v) is 13.9. The van der Waals surface area contributed by atoms with Gasteiger partial charge in [0, 0.05) is 61.1 Å². The van der Waals surface area contributed by atoms with E-state index < -0.39 is 0 Å². The maximum atomic E-state index is 6.41. The number of pyridine rings is 1. The molecular weight excluding hydrogens is 494 g/mol. The van der Waals surface area contributed by atoms with Crippen LogP contribution in [0.3, 0.4) is 0 Å². The number of likely N-dealkylation sites (N-methyl/N-ethyl adjacent to an activating group) is 1. The number of imidazole rings is 1. The van der Waals surface area contributed by atoms with Crippen molar-refractivity contribution in [1.29, 1.82) is 0 Å². The number of nitrogens with zero attached hydrogens (tertiary/aromatic N) is 5. The fraction of sp³-hybridized carbons (Fsp3) is 0.519. The number of aromatic nitrogens is 2. The number of hydrogen-bond acceptors (Lipinski definition) is 7. The van der Waals surface area contributed by atoms with Gasteiger partial charge in [0.2, 0.25) is 0 Å². The van der Waals surface area contributed by atoms with Crippen molar-refractivity contribution < 1.29 is 9.47 Å². The first kappa shape index (κ1) is 25.7. The van der Waals surface area contributed by atoms with Crippen LogP contribution in [-0.4, -0.2) is 90.5 Å². The van der Waals surface area contributed by atoms with Crippen molar-refractivity contribution in [3.63, 3.8) is 0 Å². The molecule has 194 valence electrons. The summed E-state index contributed by atoms with van der Waals surface area (Å²) in [7, 11) is 5.81. The smallest absolute Gasteiger partial charge is 0.139 e. The van der Waals surface area contributed by atoms with E-state index in [1.165, 1.54) is 18.5 Å². The largest absolute Gasteiger partial charge is 0.495 e. The van der Waals surface area contributed by atoms with Gasteiger partial charge in [0.1, 0.15) is 11.4 Å². The lowest BCUT2D eigenvalue weighted by atomic mass is 10.1. The van der Waals surface area contributed by atoms with E-state index in [0.29, 0.717) is 16.8 Å². The van der Waals surface area contributed by atoms with E-state index in [-0.39, 0.29) is 0 Å². The standard InChI is InChI=1S/C27H36ClN5O2S/c1-19-13-26(34-4)24(28)15-23(19)25-17-32-8-7-20(14-27(32)29-25)31-9-10-33(36-22-5-6-22)21(16-31)18-35-12-11-30(2)3/h7-8,13-15,17,21-22H,5-6,9-12,16,18H2,1-4H3. The Bertz CT molecular complexity index is 1200. The first-order valence-electron chi connectivity index (χ1n) is 12.7. The number of ether oxygens (including phenoxy) is 2. The second-order valence-electron chi connectivity index (χ2n) is 10.0. The monoisotopic (exact) mass is 529 g/mol. The highest BCUT2D eigenvalue weighted by Crippen LogP contribution is 2.39. The number of rotatable bonds is 10. The minimum absolute atomic E-state index is 0.377. The molecular formula is C27H36ClN5O2S. The van der Waals surface area contributed by atoms with Crippen molar-refractivity contribution in [3.8, 4) is 17.0 Å². The molecule has 9 heteroatoms. The summed E-state index contributed by atoms with van der Waals surface area (Å²) in [6, 6.07) is 8.67. The molecule has 1 aromatic carbocycles. The highest BCUT2D eigenvalue weighted by Gasteiger charge is 2.33. The van der Waals surface area contributed by atoms with Crippen LogP contribution >= 0.6 is 23.5 Å². The lowest BCUT2D eigenvalue weighted by molar-refractivity contribution is 0.0778. The molecule has 7 nitrogen and oxygen atoms in total. The number of fused-ring (bicyclic) bond motifs is 1. The van der Waals surface area contributed by atoms with Crippen LogP contribution in [0, 0.1) is 6.92 Å². The van der Waals surface area contributed by atoms with Crippen LogP contribution in [-0.2, 0) is 4.74 Å². The van der Waals surface area contributed by atoms with Gasteiger partial charge in [-0.05, 0) is 57.6 Å². The third-order valence-corrected chi connectivity index (χ3v) is 8.63. The number of hydrogen-bond donors (Lipinski definition) is 0. The van der Waals surface area contributed by atoms with E-state index in [9.17, 15) is 0 Å². The molecule has 1 saturated heterocycles. The molecule has 0 bridgehead atoms. The van der Waals surface area contributed by atoms with E-state index >= 15 is 0 Å². The second kappa shape index (κ2) is 11.2. The molecule has 1 aliphatic heterocycles. The lowest BCUT2D eigenvalue weighted by Crippen LogP contribution is -2.52. The Morgan fingerprint density at radius 3 is 2.78 bits per heavy atom. The quantitative estimate of drug-likeness (QED) is 0.275. The topological polar surface area (TPSA) is 45.5 Å². The van der Waals surface area contributed by atoms with Crippen molar-refractivity contribution in [1.82, 2.24) is 18.6 Å². The Morgan fingerprint density at radius 2 is 2.03 bits per heavy atom. The minimum Gasteiger partial charge on any atom is -0.495 e. The Labute approximate surface area is 223 Å². The zero-order chi connectivity index (χ0) is 25.2. The molecule has 1 aliphatic carbocycles. The Balaban J connectivity index is 1.33. The summed E-state index contributed by atoms with van der Waals surface area (Å²) in [6.07, 6.45) is 6.86. The van der Waals surface area contributed by atoms with Crippen LogP contribution in [0.4, 0.5) is 5.69 Å². The summed E-state index contributed by atoms with van der Waals surface area (Å²) in [5, 5.41) is 1.40.